The largest absolute Gasteiger partial charge is 0.371 e. The molecule has 4 rings (SSSR count). The zero-order valence-electron chi connectivity index (χ0n) is 14.4. The van der Waals surface area contributed by atoms with Gasteiger partial charge < -0.3 is 14.7 Å². The molecule has 0 bridgehead atoms. The topological polar surface area (TPSA) is 57.5 Å². The smallest absolute Gasteiger partial charge is 0.350 e. The third-order valence-electron chi connectivity index (χ3n) is 5.11. The molecule has 0 amide bonds. The van der Waals surface area contributed by atoms with Crippen molar-refractivity contribution >= 4 is 34.1 Å². The summed E-state index contributed by atoms with van der Waals surface area (Å²) in [6, 6.07) is 0.264. The van der Waals surface area contributed by atoms with Crippen LogP contribution >= 0.6 is 11.6 Å². The van der Waals surface area contributed by atoms with Gasteiger partial charge in [0.05, 0.1) is 27.8 Å². The van der Waals surface area contributed by atoms with Gasteiger partial charge >= 0.3 is 5.69 Å². The Bertz CT molecular complexity index is 894. The Morgan fingerprint density at radius 1 is 1.12 bits per heavy atom. The summed E-state index contributed by atoms with van der Waals surface area (Å²) in [6.45, 7) is 5.43. The number of fused-ring (bicyclic) bond motifs is 2. The maximum Gasteiger partial charge on any atom is 0.350 e. The number of aryl methyl sites for hydroxylation is 2. The zero-order valence-corrected chi connectivity index (χ0v) is 15.1. The molecule has 7 nitrogen and oxygen atoms in total. The van der Waals surface area contributed by atoms with E-state index in [1.54, 1.807) is 7.05 Å². The maximum absolute atomic E-state index is 12.4. The van der Waals surface area contributed by atoms with E-state index in [0.717, 1.165) is 48.8 Å². The van der Waals surface area contributed by atoms with Gasteiger partial charge in [-0.1, -0.05) is 11.6 Å². The molecule has 8 heteroatoms. The van der Waals surface area contributed by atoms with Crippen LogP contribution in [0.4, 0.5) is 11.5 Å². The molecular weight excluding hydrogens is 328 g/mol. The average molecular weight is 349 g/mol. The first-order valence-electron chi connectivity index (χ1n) is 8.11. The first-order chi connectivity index (χ1) is 11.4. The van der Waals surface area contributed by atoms with Gasteiger partial charge in [-0.2, -0.15) is 4.98 Å². The summed E-state index contributed by atoms with van der Waals surface area (Å²) in [4.78, 5) is 28.1. The third-order valence-corrected chi connectivity index (χ3v) is 5.57. The van der Waals surface area contributed by atoms with Crippen LogP contribution in [0.15, 0.2) is 4.79 Å². The SMILES string of the molecule is Cc1nc2c3c(nc(=O)n2C)N2CCN(C)CC2CN(C)c3c1Cl. The summed E-state index contributed by atoms with van der Waals surface area (Å²) in [6.07, 6.45) is 0. The molecule has 0 N–H and O–H groups in total. The van der Waals surface area contributed by atoms with E-state index in [1.807, 2.05) is 14.0 Å². The molecule has 0 aliphatic carbocycles. The van der Waals surface area contributed by atoms with Crippen LogP contribution in [0.5, 0.6) is 0 Å². The van der Waals surface area contributed by atoms with Crippen LogP contribution < -0.4 is 15.5 Å². The molecule has 0 aromatic carbocycles. The fourth-order valence-corrected chi connectivity index (χ4v) is 4.11. The first kappa shape index (κ1) is 15.7. The van der Waals surface area contributed by atoms with Crippen molar-refractivity contribution in [3.8, 4) is 0 Å². The number of hydrogen-bond donors (Lipinski definition) is 0. The molecule has 128 valence electrons. The number of nitrogens with zero attached hydrogens (tertiary/aromatic N) is 6. The highest BCUT2D eigenvalue weighted by atomic mass is 35.5. The molecule has 2 aromatic heterocycles. The molecule has 2 aromatic rings. The Balaban J connectivity index is 2.10. The predicted octanol–water partition coefficient (Wildman–Crippen LogP) is 0.861. The van der Waals surface area contributed by atoms with Gasteiger partial charge in [-0.3, -0.25) is 4.57 Å². The van der Waals surface area contributed by atoms with Gasteiger partial charge in [0.1, 0.15) is 11.5 Å². The Kier molecular flexibility index (Phi) is 3.47. The van der Waals surface area contributed by atoms with Crippen molar-refractivity contribution in [3.05, 3.63) is 21.2 Å². The van der Waals surface area contributed by atoms with Gasteiger partial charge in [0, 0.05) is 40.3 Å². The summed E-state index contributed by atoms with van der Waals surface area (Å²) in [5.74, 6) is 0.722. The highest BCUT2D eigenvalue weighted by molar-refractivity contribution is 6.35. The van der Waals surface area contributed by atoms with Crippen LogP contribution in [0.1, 0.15) is 5.69 Å². The van der Waals surface area contributed by atoms with Crippen LogP contribution in [-0.4, -0.2) is 65.8 Å². The average Bonchev–Trinajstić information content (AvgIpc) is 2.64. The van der Waals surface area contributed by atoms with E-state index in [9.17, 15) is 4.79 Å². The second-order valence-electron chi connectivity index (χ2n) is 6.83. The number of piperazine rings is 1. The number of aromatic nitrogens is 3. The fourth-order valence-electron chi connectivity index (χ4n) is 3.83. The van der Waals surface area contributed by atoms with Gasteiger partial charge in [-0.05, 0) is 14.0 Å². The second kappa shape index (κ2) is 5.32. The molecule has 24 heavy (non-hydrogen) atoms. The molecule has 2 aliphatic heterocycles. The fraction of sp³-hybridized carbons (Fsp3) is 0.562. The Morgan fingerprint density at radius 2 is 1.88 bits per heavy atom. The lowest BCUT2D eigenvalue weighted by atomic mass is 10.1. The quantitative estimate of drug-likeness (QED) is 0.704. The summed E-state index contributed by atoms with van der Waals surface area (Å²) in [5, 5.41) is 1.52. The second-order valence-corrected chi connectivity index (χ2v) is 7.20. The molecule has 0 saturated carbocycles. The minimum Gasteiger partial charge on any atom is -0.371 e. The number of likely N-dealkylation sites (N-methyl/N-ethyl adjacent to an activating group) is 2. The highest BCUT2D eigenvalue weighted by Crippen LogP contribution is 2.41. The van der Waals surface area contributed by atoms with E-state index < -0.39 is 0 Å². The molecule has 2 aliphatic rings. The van der Waals surface area contributed by atoms with Gasteiger partial charge in [0.15, 0.2) is 0 Å². The van der Waals surface area contributed by atoms with Crippen LogP contribution in [-0.2, 0) is 7.05 Å². The van der Waals surface area contributed by atoms with Crippen molar-refractivity contribution in [2.75, 3.05) is 50.1 Å². The summed E-state index contributed by atoms with van der Waals surface area (Å²) < 4.78 is 1.51. The number of anilines is 2. The maximum atomic E-state index is 12.4. The van der Waals surface area contributed by atoms with Crippen LogP contribution in [0, 0.1) is 6.92 Å². The lowest BCUT2D eigenvalue weighted by Crippen LogP contribution is -2.55. The number of hydrogen-bond acceptors (Lipinski definition) is 6. The first-order valence-corrected chi connectivity index (χ1v) is 8.49. The van der Waals surface area contributed by atoms with Gasteiger partial charge in [0.25, 0.3) is 0 Å². The van der Waals surface area contributed by atoms with E-state index in [4.69, 9.17) is 11.6 Å². The summed E-state index contributed by atoms with van der Waals surface area (Å²) in [7, 11) is 5.89. The van der Waals surface area contributed by atoms with Crippen molar-refractivity contribution in [2.45, 2.75) is 13.0 Å². The Labute approximate surface area is 145 Å². The van der Waals surface area contributed by atoms with Crippen LogP contribution in [0.2, 0.25) is 5.02 Å². The number of rotatable bonds is 0. The summed E-state index contributed by atoms with van der Waals surface area (Å²) >= 11 is 6.62. The van der Waals surface area contributed by atoms with E-state index in [-0.39, 0.29) is 11.7 Å². The molecular formula is C16H21ClN6O. The standard InChI is InChI=1S/C16H21ClN6O/c1-9-12(17)13-11-14(18-9)22(4)16(24)19-15(11)23-6-5-20(2)7-10(23)8-21(13)3/h10H,5-8H2,1-4H3. The van der Waals surface area contributed by atoms with Crippen molar-refractivity contribution in [2.24, 2.45) is 7.05 Å². The third kappa shape index (κ3) is 2.11. The number of pyridine rings is 1. The van der Waals surface area contributed by atoms with Crippen molar-refractivity contribution in [1.29, 1.82) is 0 Å². The van der Waals surface area contributed by atoms with E-state index >= 15 is 0 Å². The highest BCUT2D eigenvalue weighted by Gasteiger charge is 2.35. The molecule has 1 atom stereocenters. The monoisotopic (exact) mass is 348 g/mol. The lowest BCUT2D eigenvalue weighted by Gasteiger charge is -2.40. The van der Waals surface area contributed by atoms with Crippen molar-refractivity contribution in [1.82, 2.24) is 19.4 Å². The van der Waals surface area contributed by atoms with E-state index in [1.165, 1.54) is 4.57 Å². The molecule has 1 unspecified atom stereocenters. The molecule has 0 radical (unpaired) electrons. The van der Waals surface area contributed by atoms with Gasteiger partial charge in [0.2, 0.25) is 0 Å². The van der Waals surface area contributed by atoms with E-state index in [0.29, 0.717) is 10.7 Å². The van der Waals surface area contributed by atoms with Gasteiger partial charge in [-0.15, -0.1) is 0 Å². The summed E-state index contributed by atoms with van der Waals surface area (Å²) in [5.41, 5.74) is 2.03. The minimum absolute atomic E-state index is 0.264. The minimum atomic E-state index is -0.278. The number of halogens is 1. The zero-order chi connectivity index (χ0) is 17.2. The van der Waals surface area contributed by atoms with Crippen LogP contribution in [0.3, 0.4) is 0 Å². The normalized spacial score (nSPS) is 21.1. The Hall–Kier alpha value is -1.86. The lowest BCUT2D eigenvalue weighted by molar-refractivity contribution is 0.268. The van der Waals surface area contributed by atoms with Crippen molar-refractivity contribution in [3.63, 3.8) is 0 Å². The Morgan fingerprint density at radius 3 is 2.62 bits per heavy atom. The molecule has 4 heterocycles. The predicted molar refractivity (Wildman–Crippen MR) is 96.4 cm³/mol. The van der Waals surface area contributed by atoms with Crippen LogP contribution in [0.25, 0.3) is 11.0 Å². The van der Waals surface area contributed by atoms with Gasteiger partial charge in [-0.25, -0.2) is 9.78 Å². The van der Waals surface area contributed by atoms with Crippen molar-refractivity contribution < 1.29 is 0 Å². The van der Waals surface area contributed by atoms with E-state index in [2.05, 4.69) is 31.7 Å². The molecule has 1 fully saturated rings. The molecule has 1 saturated heterocycles. The molecule has 0 spiro atoms.